The predicted octanol–water partition coefficient (Wildman–Crippen LogP) is 5.28. The molecule has 1 heterocycles. The molecule has 0 aliphatic carbocycles. The van der Waals surface area contributed by atoms with E-state index in [9.17, 15) is 0 Å². The zero-order chi connectivity index (χ0) is 16.4. The lowest BCUT2D eigenvalue weighted by Gasteiger charge is -2.18. The summed E-state index contributed by atoms with van der Waals surface area (Å²) >= 11 is 5.89. The molecular weight excluding hydrogens is 308 g/mol. The summed E-state index contributed by atoms with van der Waals surface area (Å²) in [7, 11) is 0. The highest BCUT2D eigenvalue weighted by atomic mass is 35.5. The van der Waals surface area contributed by atoms with Crippen molar-refractivity contribution in [3.63, 3.8) is 0 Å². The molecule has 0 amide bonds. The van der Waals surface area contributed by atoms with E-state index in [0.29, 0.717) is 18.1 Å². The van der Waals surface area contributed by atoms with Gasteiger partial charge in [-0.2, -0.15) is 4.98 Å². The van der Waals surface area contributed by atoms with Crippen LogP contribution in [0.4, 0.5) is 0 Å². The highest BCUT2D eigenvalue weighted by Crippen LogP contribution is 2.25. The average Bonchev–Trinajstić information content (AvgIpc) is 2.97. The Morgan fingerprint density at radius 3 is 2.22 bits per heavy atom. The van der Waals surface area contributed by atoms with Crippen molar-refractivity contribution in [1.29, 1.82) is 0 Å². The smallest absolute Gasteiger partial charge is 0.257 e. The molecule has 0 aliphatic heterocycles. The lowest BCUT2D eigenvalue weighted by molar-refractivity contribution is 0.424. The van der Waals surface area contributed by atoms with Gasteiger partial charge in [-0.15, -0.1) is 0 Å². The molecule has 0 unspecified atom stereocenters. The minimum absolute atomic E-state index is 0.132. The van der Waals surface area contributed by atoms with Gasteiger partial charge in [-0.3, -0.25) is 0 Å². The van der Waals surface area contributed by atoms with E-state index in [0.717, 1.165) is 16.1 Å². The highest BCUT2D eigenvalue weighted by Gasteiger charge is 2.15. The van der Waals surface area contributed by atoms with Crippen LogP contribution in [0.25, 0.3) is 11.5 Å². The van der Waals surface area contributed by atoms with Crippen LogP contribution < -0.4 is 0 Å². The fraction of sp³-hybridized carbons (Fsp3) is 0.263. The van der Waals surface area contributed by atoms with Crippen LogP contribution in [-0.4, -0.2) is 10.1 Å². The van der Waals surface area contributed by atoms with Crippen molar-refractivity contribution >= 4 is 11.6 Å². The predicted molar refractivity (Wildman–Crippen MR) is 92.7 cm³/mol. The van der Waals surface area contributed by atoms with Gasteiger partial charge in [0.15, 0.2) is 5.82 Å². The summed E-state index contributed by atoms with van der Waals surface area (Å²) in [5, 5.41) is 4.79. The molecule has 0 saturated heterocycles. The number of benzene rings is 2. The van der Waals surface area contributed by atoms with E-state index in [1.165, 1.54) is 5.56 Å². The van der Waals surface area contributed by atoms with E-state index in [2.05, 4.69) is 43.0 Å². The zero-order valence-corrected chi connectivity index (χ0v) is 14.3. The van der Waals surface area contributed by atoms with Gasteiger partial charge in [0.1, 0.15) is 0 Å². The maximum absolute atomic E-state index is 5.89. The lowest BCUT2D eigenvalue weighted by Crippen LogP contribution is -2.10. The zero-order valence-electron chi connectivity index (χ0n) is 13.5. The third-order valence-electron chi connectivity index (χ3n) is 3.74. The van der Waals surface area contributed by atoms with Crippen LogP contribution in [-0.2, 0) is 11.8 Å². The number of hydrogen-bond donors (Lipinski definition) is 0. The summed E-state index contributed by atoms with van der Waals surface area (Å²) in [6.45, 7) is 6.58. The second-order valence-corrected chi connectivity index (χ2v) is 7.08. The molecule has 3 nitrogen and oxygen atoms in total. The number of halogens is 1. The van der Waals surface area contributed by atoms with Gasteiger partial charge in [0.2, 0.25) is 0 Å². The minimum Gasteiger partial charge on any atom is -0.334 e. The maximum atomic E-state index is 5.89. The Bertz CT molecular complexity index is 783. The van der Waals surface area contributed by atoms with Crippen molar-refractivity contribution in [2.75, 3.05) is 0 Å². The molecule has 3 aromatic rings. The molecule has 0 aliphatic rings. The molecule has 0 atom stereocenters. The van der Waals surface area contributed by atoms with Crippen molar-refractivity contribution in [2.24, 2.45) is 0 Å². The molecule has 118 valence electrons. The Kier molecular flexibility index (Phi) is 4.22. The second-order valence-electron chi connectivity index (χ2n) is 6.65. The quantitative estimate of drug-likeness (QED) is 0.657. The van der Waals surface area contributed by atoms with Gasteiger partial charge in [-0.05, 0) is 40.8 Å². The van der Waals surface area contributed by atoms with E-state index >= 15 is 0 Å². The van der Waals surface area contributed by atoms with E-state index in [1.807, 2.05) is 36.4 Å². The third-order valence-corrected chi connectivity index (χ3v) is 3.99. The number of rotatable bonds is 3. The van der Waals surface area contributed by atoms with Gasteiger partial charge in [0, 0.05) is 17.0 Å². The van der Waals surface area contributed by atoms with Crippen LogP contribution in [0.5, 0.6) is 0 Å². The van der Waals surface area contributed by atoms with Crippen LogP contribution >= 0.6 is 11.6 Å². The van der Waals surface area contributed by atoms with Gasteiger partial charge in [0.25, 0.3) is 5.89 Å². The first-order valence-corrected chi connectivity index (χ1v) is 7.97. The van der Waals surface area contributed by atoms with Crippen molar-refractivity contribution in [3.05, 3.63) is 70.5 Å². The number of nitrogens with zero attached hydrogens (tertiary/aromatic N) is 2. The van der Waals surface area contributed by atoms with Crippen LogP contribution in [0.1, 0.15) is 37.7 Å². The third kappa shape index (κ3) is 3.80. The van der Waals surface area contributed by atoms with Gasteiger partial charge in [0.05, 0.1) is 0 Å². The van der Waals surface area contributed by atoms with Crippen LogP contribution in [0.2, 0.25) is 5.02 Å². The van der Waals surface area contributed by atoms with Crippen molar-refractivity contribution < 1.29 is 4.52 Å². The molecule has 0 N–H and O–H groups in total. The molecule has 2 aromatic carbocycles. The minimum atomic E-state index is 0.132. The highest BCUT2D eigenvalue weighted by molar-refractivity contribution is 6.30. The SMILES string of the molecule is CC(C)(C)c1ccc(-c2nc(Cc3ccc(Cl)cc3)no2)cc1. The molecule has 0 spiro atoms. The Hall–Kier alpha value is -2.13. The topological polar surface area (TPSA) is 38.9 Å². The Morgan fingerprint density at radius 2 is 1.61 bits per heavy atom. The Balaban J connectivity index is 1.77. The largest absolute Gasteiger partial charge is 0.334 e. The first kappa shape index (κ1) is 15.8. The average molecular weight is 327 g/mol. The maximum Gasteiger partial charge on any atom is 0.257 e. The molecule has 3 rings (SSSR count). The summed E-state index contributed by atoms with van der Waals surface area (Å²) in [4.78, 5) is 4.48. The summed E-state index contributed by atoms with van der Waals surface area (Å²) in [6, 6.07) is 15.9. The monoisotopic (exact) mass is 326 g/mol. The molecule has 0 radical (unpaired) electrons. The van der Waals surface area contributed by atoms with E-state index < -0.39 is 0 Å². The lowest BCUT2D eigenvalue weighted by atomic mass is 9.87. The van der Waals surface area contributed by atoms with Gasteiger partial charge >= 0.3 is 0 Å². The van der Waals surface area contributed by atoms with Crippen molar-refractivity contribution in [3.8, 4) is 11.5 Å². The molecule has 1 aromatic heterocycles. The van der Waals surface area contributed by atoms with Gasteiger partial charge in [-0.25, -0.2) is 0 Å². The fourth-order valence-electron chi connectivity index (χ4n) is 2.34. The van der Waals surface area contributed by atoms with Gasteiger partial charge in [-0.1, -0.05) is 61.8 Å². The van der Waals surface area contributed by atoms with E-state index in [1.54, 1.807) is 0 Å². The van der Waals surface area contributed by atoms with Crippen LogP contribution in [0.15, 0.2) is 53.1 Å². The first-order chi connectivity index (χ1) is 10.9. The van der Waals surface area contributed by atoms with E-state index in [4.69, 9.17) is 16.1 Å². The molecule has 23 heavy (non-hydrogen) atoms. The Labute approximate surface area is 141 Å². The Morgan fingerprint density at radius 1 is 0.957 bits per heavy atom. The van der Waals surface area contributed by atoms with Crippen molar-refractivity contribution in [2.45, 2.75) is 32.6 Å². The first-order valence-electron chi connectivity index (χ1n) is 7.60. The summed E-state index contributed by atoms with van der Waals surface area (Å²) in [5.41, 5.74) is 3.45. The molecule has 0 saturated carbocycles. The standard InChI is InChI=1S/C19H19ClN2O/c1-19(2,3)15-8-6-14(7-9-15)18-21-17(22-23-18)12-13-4-10-16(20)11-5-13/h4-11H,12H2,1-3H3. The number of aromatic nitrogens is 2. The molecule has 0 bridgehead atoms. The second kappa shape index (κ2) is 6.17. The number of hydrogen-bond acceptors (Lipinski definition) is 3. The normalized spacial score (nSPS) is 11.7. The summed E-state index contributed by atoms with van der Waals surface area (Å²) in [6.07, 6.45) is 0.626. The summed E-state index contributed by atoms with van der Waals surface area (Å²) < 4.78 is 5.38. The van der Waals surface area contributed by atoms with E-state index in [-0.39, 0.29) is 5.41 Å². The van der Waals surface area contributed by atoms with Crippen LogP contribution in [0, 0.1) is 0 Å². The molecule has 4 heteroatoms. The van der Waals surface area contributed by atoms with Gasteiger partial charge < -0.3 is 4.52 Å². The van der Waals surface area contributed by atoms with Crippen molar-refractivity contribution in [1.82, 2.24) is 10.1 Å². The summed E-state index contributed by atoms with van der Waals surface area (Å²) in [5.74, 6) is 1.22. The van der Waals surface area contributed by atoms with Crippen LogP contribution in [0.3, 0.4) is 0 Å². The fourth-order valence-corrected chi connectivity index (χ4v) is 2.47. The molecule has 0 fully saturated rings. The molecular formula is C19H19ClN2O.